The van der Waals surface area contributed by atoms with Gasteiger partial charge in [0.1, 0.15) is 18.3 Å². The second-order valence-electron chi connectivity index (χ2n) is 24.9. The number of carbonyl (C=O) groups is 2. The first-order chi connectivity index (χ1) is 39.2. The van der Waals surface area contributed by atoms with Gasteiger partial charge in [-0.3, -0.25) is 9.79 Å². The maximum atomic E-state index is 13.7. The molecule has 0 spiro atoms. The van der Waals surface area contributed by atoms with Crippen molar-refractivity contribution in [3.8, 4) is 0 Å². The fraction of sp³-hybridized carbons (Fsp3) is 0.800. The Hall–Kier alpha value is -3.53. The molecule has 2 bridgehead atoms. The zero-order chi connectivity index (χ0) is 62.2. The van der Waals surface area contributed by atoms with Crippen LogP contribution in [0.1, 0.15) is 197 Å². The standard InChI is InChI=1S/C65H115N3O15/c1-42(2)25-19-15-14-17-21-31-60(77)81-52-36-50(69)35-51(70)37-55(72)43(3)27-23-29-47(7)61(46(6)26-20-16-12-13-18-22-34-68-64(66-10)67-11)82-63(79)48(8)30-24-28-44(4)56(73)40-57(74)49(9)54(71)33-32-45(5)59(76)41-65(80)62(78)58(75)39-53(38-52)83-65/h12-13,23-24,27-30,42,44-47,49-59,61-62,69-76,78,80H,14-22,25-26,31-41H2,1-11H3,(H2,66,67,68). The van der Waals surface area contributed by atoms with Gasteiger partial charge in [0.2, 0.25) is 0 Å². The third-order valence-electron chi connectivity index (χ3n) is 16.8. The average molecular weight is 1180 g/mol. The lowest BCUT2D eigenvalue weighted by atomic mass is 9.84. The van der Waals surface area contributed by atoms with E-state index in [1.54, 1.807) is 72.0 Å². The van der Waals surface area contributed by atoms with Crippen LogP contribution in [0.15, 0.2) is 64.7 Å². The van der Waals surface area contributed by atoms with Crippen molar-refractivity contribution in [3.63, 3.8) is 0 Å². The Balaban J connectivity index is 2.43. The highest BCUT2D eigenvalue weighted by molar-refractivity contribution is 5.88. The predicted octanol–water partition coefficient (Wildman–Crippen LogP) is 7.54. The number of carbonyl (C=O) groups excluding carboxylic acids is 2. The van der Waals surface area contributed by atoms with Gasteiger partial charge in [-0.05, 0) is 95.0 Å². The third kappa shape index (κ3) is 30.1. The Morgan fingerprint density at radius 1 is 0.735 bits per heavy atom. The van der Waals surface area contributed by atoms with Crippen LogP contribution in [0.2, 0.25) is 0 Å². The molecule has 0 amide bonds. The molecule has 0 aliphatic carbocycles. The molecule has 0 radical (unpaired) electrons. The Morgan fingerprint density at radius 2 is 1.37 bits per heavy atom. The number of aliphatic hydroxyl groups excluding tert-OH is 9. The van der Waals surface area contributed by atoms with E-state index in [4.69, 9.17) is 14.2 Å². The number of rotatable bonds is 18. The quantitative estimate of drug-likeness (QED) is 0.0207. The molecule has 83 heavy (non-hydrogen) atoms. The number of allylic oxidation sites excluding steroid dienone is 6. The van der Waals surface area contributed by atoms with Crippen molar-refractivity contribution in [1.82, 2.24) is 10.6 Å². The smallest absolute Gasteiger partial charge is 0.334 e. The first-order valence-corrected chi connectivity index (χ1v) is 31.4. The molecule has 480 valence electrons. The van der Waals surface area contributed by atoms with E-state index in [1.165, 1.54) is 0 Å². The molecule has 0 aromatic rings. The molecule has 2 aliphatic rings. The van der Waals surface area contributed by atoms with Crippen molar-refractivity contribution in [2.45, 2.75) is 276 Å². The van der Waals surface area contributed by atoms with E-state index < -0.39 is 115 Å². The molecule has 18 atom stereocenters. The Bertz CT molecular complexity index is 2000. The number of fused-ring (bicyclic) bond motifs is 2. The zero-order valence-corrected chi connectivity index (χ0v) is 52.5. The summed E-state index contributed by atoms with van der Waals surface area (Å²) < 4.78 is 18.3. The van der Waals surface area contributed by atoms with Crippen molar-refractivity contribution in [2.75, 3.05) is 20.6 Å². The number of cyclic esters (lactones) is 1. The monoisotopic (exact) mass is 1180 g/mol. The summed E-state index contributed by atoms with van der Waals surface area (Å²) >= 11 is 0. The molecule has 1 fully saturated rings. The summed E-state index contributed by atoms with van der Waals surface area (Å²) in [4.78, 5) is 31.2. The highest BCUT2D eigenvalue weighted by atomic mass is 16.7. The van der Waals surface area contributed by atoms with Gasteiger partial charge in [-0.1, -0.05) is 129 Å². The zero-order valence-electron chi connectivity index (χ0n) is 52.5. The van der Waals surface area contributed by atoms with E-state index in [-0.39, 0.29) is 69.6 Å². The normalized spacial score (nSPS) is 33.9. The minimum atomic E-state index is -2.43. The Kier molecular flexibility index (Phi) is 37.1. The topological polar surface area (TPSA) is 301 Å². The van der Waals surface area contributed by atoms with Gasteiger partial charge in [-0.15, -0.1) is 0 Å². The van der Waals surface area contributed by atoms with Crippen LogP contribution in [0.3, 0.4) is 0 Å². The average Bonchev–Trinajstić information content (AvgIpc) is 3.60. The lowest BCUT2D eigenvalue weighted by Crippen LogP contribution is -2.60. The summed E-state index contributed by atoms with van der Waals surface area (Å²) in [5, 5.41) is 119. The lowest BCUT2D eigenvalue weighted by molar-refractivity contribution is -0.333. The fourth-order valence-corrected chi connectivity index (χ4v) is 10.9. The van der Waals surface area contributed by atoms with E-state index in [2.05, 4.69) is 48.5 Å². The number of ether oxygens (including phenoxy) is 3. The van der Waals surface area contributed by atoms with Gasteiger partial charge in [0, 0.05) is 88.9 Å². The van der Waals surface area contributed by atoms with Gasteiger partial charge in [0.05, 0.1) is 54.9 Å². The highest BCUT2D eigenvalue weighted by Crippen LogP contribution is 2.36. The summed E-state index contributed by atoms with van der Waals surface area (Å²) in [6.07, 6.45) is 10.5. The summed E-state index contributed by atoms with van der Waals surface area (Å²) in [6, 6.07) is 0. The molecule has 18 heteroatoms. The van der Waals surface area contributed by atoms with Crippen molar-refractivity contribution in [1.29, 1.82) is 0 Å². The van der Waals surface area contributed by atoms with Gasteiger partial charge in [-0.2, -0.15) is 0 Å². The van der Waals surface area contributed by atoms with Gasteiger partial charge in [0.25, 0.3) is 0 Å². The van der Waals surface area contributed by atoms with Crippen LogP contribution < -0.4 is 10.6 Å². The number of guanidine groups is 1. The number of nitrogens with zero attached hydrogens (tertiary/aromatic N) is 1. The summed E-state index contributed by atoms with van der Waals surface area (Å²) in [7, 11) is 3.55. The van der Waals surface area contributed by atoms with Gasteiger partial charge >= 0.3 is 11.9 Å². The van der Waals surface area contributed by atoms with Crippen LogP contribution in [0, 0.1) is 35.5 Å². The first-order valence-electron chi connectivity index (χ1n) is 31.4. The van der Waals surface area contributed by atoms with Crippen molar-refractivity contribution >= 4 is 17.9 Å². The Labute approximate surface area is 498 Å². The van der Waals surface area contributed by atoms with Crippen LogP contribution >= 0.6 is 0 Å². The van der Waals surface area contributed by atoms with Crippen LogP contribution in [0.25, 0.3) is 0 Å². The Morgan fingerprint density at radius 3 is 2.05 bits per heavy atom. The minimum Gasteiger partial charge on any atom is -0.462 e. The summed E-state index contributed by atoms with van der Waals surface area (Å²) in [5.74, 6) is -4.00. The predicted molar refractivity (Wildman–Crippen MR) is 327 cm³/mol. The second-order valence-corrected chi connectivity index (χ2v) is 24.9. The molecule has 2 rings (SSSR count). The van der Waals surface area contributed by atoms with Crippen LogP contribution in [0.4, 0.5) is 0 Å². The van der Waals surface area contributed by atoms with E-state index >= 15 is 0 Å². The van der Waals surface area contributed by atoms with Gasteiger partial charge < -0.3 is 75.9 Å². The molecule has 18 unspecified atom stereocenters. The maximum Gasteiger partial charge on any atom is 0.334 e. The molecule has 0 saturated carbocycles. The number of unbranched alkanes of at least 4 members (excludes halogenated alkanes) is 6. The van der Waals surface area contributed by atoms with Crippen LogP contribution in [-0.2, 0) is 23.8 Å². The summed E-state index contributed by atoms with van der Waals surface area (Å²) in [6.45, 7) is 17.8. The number of aliphatic imine (C=N–C) groups is 1. The van der Waals surface area contributed by atoms with Gasteiger partial charge in [0.15, 0.2) is 11.7 Å². The summed E-state index contributed by atoms with van der Waals surface area (Å²) in [5.41, 5.74) is 0.893. The van der Waals surface area contributed by atoms with E-state index in [0.29, 0.717) is 23.5 Å². The number of aliphatic hydroxyl groups is 10. The van der Waals surface area contributed by atoms with Gasteiger partial charge in [-0.25, -0.2) is 4.79 Å². The fourth-order valence-electron chi connectivity index (χ4n) is 10.9. The number of hydrogen-bond donors (Lipinski definition) is 12. The molecule has 0 aromatic heterocycles. The minimum absolute atomic E-state index is 0.0327. The van der Waals surface area contributed by atoms with E-state index in [0.717, 1.165) is 76.7 Å². The molecule has 2 heterocycles. The maximum absolute atomic E-state index is 13.7. The molecule has 0 aromatic carbocycles. The first kappa shape index (κ1) is 75.6. The van der Waals surface area contributed by atoms with Crippen LogP contribution in [0.5, 0.6) is 0 Å². The molecular weight excluding hydrogens is 1060 g/mol. The molecule has 2 aliphatic heterocycles. The number of esters is 2. The lowest BCUT2D eigenvalue weighted by Gasteiger charge is -2.45. The van der Waals surface area contributed by atoms with Crippen molar-refractivity contribution < 1.29 is 74.9 Å². The van der Waals surface area contributed by atoms with E-state index in [9.17, 15) is 60.7 Å². The highest BCUT2D eigenvalue weighted by Gasteiger charge is 2.50. The van der Waals surface area contributed by atoms with Crippen LogP contribution in [-0.4, -0.2) is 169 Å². The molecule has 1 saturated heterocycles. The van der Waals surface area contributed by atoms with E-state index in [1.807, 2.05) is 20.0 Å². The number of nitrogens with one attached hydrogen (secondary N) is 2. The molecule has 18 nitrogen and oxygen atoms in total. The second kappa shape index (κ2) is 40.8. The van der Waals surface area contributed by atoms with Crippen molar-refractivity contribution in [2.24, 2.45) is 40.5 Å². The van der Waals surface area contributed by atoms with Crippen molar-refractivity contribution in [3.05, 3.63) is 59.8 Å². The SMILES string of the molecule is CN=C(NC)NCCCC=CCCCC(C)C1OC(=O)C(C)=CC=CC(C)C(O)CC(O)C(C)C(O)CCC(C)C(O)CC2(O)OC(CC(OC(=O)CCCCCCCC(C)C)CC(O)CC(O)CC(O)C(C)=CC=CC1C)CC(O)C2O. The number of hydrogen-bond acceptors (Lipinski definition) is 16. The third-order valence-corrected chi connectivity index (χ3v) is 16.8. The largest absolute Gasteiger partial charge is 0.462 e. The molecular formula is C65H115N3O15. The molecule has 12 N–H and O–H groups in total.